The lowest BCUT2D eigenvalue weighted by Gasteiger charge is -2.50. The summed E-state index contributed by atoms with van der Waals surface area (Å²) in [6.07, 6.45) is 2.58. The Hall–Kier alpha value is -2.14. The van der Waals surface area contributed by atoms with Gasteiger partial charge in [-0.05, 0) is 75.2 Å². The van der Waals surface area contributed by atoms with Crippen LogP contribution in [0, 0.1) is 5.92 Å². The van der Waals surface area contributed by atoms with Gasteiger partial charge in [0.05, 0.1) is 12.8 Å². The summed E-state index contributed by atoms with van der Waals surface area (Å²) in [5.41, 5.74) is 1.93. The van der Waals surface area contributed by atoms with Crippen LogP contribution in [0.5, 0.6) is 5.75 Å². The normalized spacial score (nSPS) is 28.6. The molecule has 126 valence electrons. The van der Waals surface area contributed by atoms with Crippen molar-refractivity contribution in [3.05, 3.63) is 36.4 Å². The number of benzene rings is 1. The molecule has 4 heterocycles. The maximum Gasteiger partial charge on any atom is 0.148 e. The second-order valence-corrected chi connectivity index (χ2v) is 6.82. The van der Waals surface area contributed by atoms with Crippen LogP contribution in [0.25, 0.3) is 11.3 Å². The van der Waals surface area contributed by atoms with Crippen LogP contribution in [-0.4, -0.2) is 47.4 Å². The van der Waals surface area contributed by atoms with Gasteiger partial charge in [0.25, 0.3) is 0 Å². The number of methoxy groups -OCH3 is 1. The standard InChI is InChI=1S/C19H24N4O/c1-13-19(15-9-11-23(13)12-10-15)20-18-8-7-17(21-22-18)14-3-5-16(24-2)6-4-14/h3-8,13,15,19H,9-12H2,1-2H3,(H,20,22)/t13-,19-/m1/s1. The summed E-state index contributed by atoms with van der Waals surface area (Å²) < 4.78 is 5.19. The van der Waals surface area contributed by atoms with E-state index in [4.69, 9.17) is 4.74 Å². The van der Waals surface area contributed by atoms with Crippen molar-refractivity contribution in [3.8, 4) is 17.0 Å². The van der Waals surface area contributed by atoms with Gasteiger partial charge in [-0.3, -0.25) is 4.90 Å². The van der Waals surface area contributed by atoms with Gasteiger partial charge in [-0.2, -0.15) is 0 Å². The molecule has 5 nitrogen and oxygen atoms in total. The molecule has 24 heavy (non-hydrogen) atoms. The number of aromatic nitrogens is 2. The molecule has 0 radical (unpaired) electrons. The molecular weight excluding hydrogens is 300 g/mol. The first-order valence-electron chi connectivity index (χ1n) is 8.73. The number of anilines is 1. The molecule has 5 heteroatoms. The van der Waals surface area contributed by atoms with Gasteiger partial charge in [-0.1, -0.05) is 0 Å². The summed E-state index contributed by atoms with van der Waals surface area (Å²) in [6, 6.07) is 13.0. The molecule has 3 fully saturated rings. The number of nitrogens with one attached hydrogen (secondary N) is 1. The maximum atomic E-state index is 5.19. The van der Waals surface area contributed by atoms with E-state index in [1.54, 1.807) is 7.11 Å². The third-order valence-electron chi connectivity index (χ3n) is 5.54. The minimum atomic E-state index is 0.480. The van der Waals surface area contributed by atoms with E-state index >= 15 is 0 Å². The summed E-state index contributed by atoms with van der Waals surface area (Å²) >= 11 is 0. The first-order chi connectivity index (χ1) is 11.7. The van der Waals surface area contributed by atoms with E-state index in [-0.39, 0.29) is 0 Å². The second-order valence-electron chi connectivity index (χ2n) is 6.82. The Morgan fingerprint density at radius 2 is 1.79 bits per heavy atom. The molecule has 3 aliphatic rings. The minimum absolute atomic E-state index is 0.480. The summed E-state index contributed by atoms with van der Waals surface area (Å²) in [7, 11) is 1.67. The Morgan fingerprint density at radius 1 is 1.04 bits per heavy atom. The molecule has 1 aromatic heterocycles. The van der Waals surface area contributed by atoms with Crippen molar-refractivity contribution >= 4 is 5.82 Å². The van der Waals surface area contributed by atoms with Gasteiger partial charge in [0.15, 0.2) is 0 Å². The Bertz CT molecular complexity index is 676. The molecule has 0 aliphatic carbocycles. The second kappa shape index (κ2) is 6.40. The highest BCUT2D eigenvalue weighted by atomic mass is 16.5. The average Bonchev–Trinajstić information content (AvgIpc) is 2.66. The third kappa shape index (κ3) is 2.84. The van der Waals surface area contributed by atoms with Crippen molar-refractivity contribution < 1.29 is 4.74 Å². The predicted octanol–water partition coefficient (Wildman–Crippen LogP) is 3.05. The van der Waals surface area contributed by atoms with Crippen molar-refractivity contribution in [2.45, 2.75) is 31.8 Å². The van der Waals surface area contributed by atoms with Crippen LogP contribution in [-0.2, 0) is 0 Å². The lowest BCUT2D eigenvalue weighted by atomic mass is 9.79. The number of fused-ring (bicyclic) bond motifs is 3. The molecular formula is C19H24N4O. The highest BCUT2D eigenvalue weighted by Crippen LogP contribution is 2.33. The van der Waals surface area contributed by atoms with Gasteiger partial charge in [-0.25, -0.2) is 0 Å². The fourth-order valence-electron chi connectivity index (χ4n) is 4.04. The summed E-state index contributed by atoms with van der Waals surface area (Å²) in [4.78, 5) is 2.58. The Kier molecular flexibility index (Phi) is 4.10. The first-order valence-corrected chi connectivity index (χ1v) is 8.73. The number of hydrogen-bond donors (Lipinski definition) is 1. The number of nitrogens with zero attached hydrogens (tertiary/aromatic N) is 3. The molecule has 1 aromatic carbocycles. The zero-order chi connectivity index (χ0) is 16.5. The van der Waals surface area contributed by atoms with E-state index in [0.717, 1.165) is 28.7 Å². The van der Waals surface area contributed by atoms with E-state index < -0.39 is 0 Å². The minimum Gasteiger partial charge on any atom is -0.497 e. The van der Waals surface area contributed by atoms with Gasteiger partial charge in [0.1, 0.15) is 11.6 Å². The number of hydrogen-bond acceptors (Lipinski definition) is 5. The van der Waals surface area contributed by atoms with E-state index in [1.165, 1.54) is 25.9 Å². The van der Waals surface area contributed by atoms with Crippen LogP contribution < -0.4 is 10.1 Å². The van der Waals surface area contributed by atoms with Crippen LogP contribution in [0.3, 0.4) is 0 Å². The van der Waals surface area contributed by atoms with Gasteiger partial charge in [0, 0.05) is 17.6 Å². The average molecular weight is 324 g/mol. The summed E-state index contributed by atoms with van der Waals surface area (Å²) in [5.74, 6) is 2.48. The quantitative estimate of drug-likeness (QED) is 0.937. The molecule has 2 aromatic rings. The van der Waals surface area contributed by atoms with Crippen LogP contribution in [0.2, 0.25) is 0 Å². The summed E-state index contributed by atoms with van der Waals surface area (Å²) in [6.45, 7) is 4.81. The molecule has 2 atom stereocenters. The first kappa shape index (κ1) is 15.4. The van der Waals surface area contributed by atoms with Gasteiger partial charge < -0.3 is 10.1 Å². The number of rotatable bonds is 4. The zero-order valence-corrected chi connectivity index (χ0v) is 14.3. The SMILES string of the molecule is COc1ccc(-c2ccc(N[C@H]3C4CCN(CC4)[C@@H]3C)nn2)cc1. The van der Waals surface area contributed by atoms with E-state index in [9.17, 15) is 0 Å². The molecule has 2 bridgehead atoms. The summed E-state index contributed by atoms with van der Waals surface area (Å²) in [5, 5.41) is 12.4. The monoisotopic (exact) mass is 324 g/mol. The molecule has 1 N–H and O–H groups in total. The number of piperidine rings is 3. The van der Waals surface area contributed by atoms with Crippen molar-refractivity contribution in [3.63, 3.8) is 0 Å². The van der Waals surface area contributed by atoms with E-state index in [2.05, 4.69) is 27.3 Å². The topological polar surface area (TPSA) is 50.3 Å². The Morgan fingerprint density at radius 3 is 2.38 bits per heavy atom. The van der Waals surface area contributed by atoms with Crippen LogP contribution in [0.15, 0.2) is 36.4 Å². The highest BCUT2D eigenvalue weighted by Gasteiger charge is 2.39. The van der Waals surface area contributed by atoms with Crippen LogP contribution >= 0.6 is 0 Å². The van der Waals surface area contributed by atoms with Crippen molar-refractivity contribution in [1.82, 2.24) is 15.1 Å². The number of ether oxygens (including phenoxy) is 1. The molecule has 0 unspecified atom stereocenters. The smallest absolute Gasteiger partial charge is 0.148 e. The molecule has 0 saturated carbocycles. The maximum absolute atomic E-state index is 5.19. The highest BCUT2D eigenvalue weighted by molar-refractivity contribution is 5.60. The van der Waals surface area contributed by atoms with Crippen molar-refractivity contribution in [2.75, 3.05) is 25.5 Å². The molecule has 3 saturated heterocycles. The van der Waals surface area contributed by atoms with Gasteiger partial charge in [0.2, 0.25) is 0 Å². The molecule has 0 spiro atoms. The molecule has 3 aliphatic heterocycles. The molecule has 5 rings (SSSR count). The Labute approximate surface area is 143 Å². The fraction of sp³-hybridized carbons (Fsp3) is 0.474. The molecule has 0 amide bonds. The lowest BCUT2D eigenvalue weighted by molar-refractivity contribution is 0.0457. The largest absolute Gasteiger partial charge is 0.497 e. The van der Waals surface area contributed by atoms with E-state index in [1.807, 2.05) is 36.4 Å². The third-order valence-corrected chi connectivity index (χ3v) is 5.54. The van der Waals surface area contributed by atoms with Crippen molar-refractivity contribution in [1.29, 1.82) is 0 Å². The predicted molar refractivity (Wildman–Crippen MR) is 95.2 cm³/mol. The van der Waals surface area contributed by atoms with E-state index in [0.29, 0.717) is 12.1 Å². The van der Waals surface area contributed by atoms with Crippen LogP contribution in [0.1, 0.15) is 19.8 Å². The van der Waals surface area contributed by atoms with Crippen molar-refractivity contribution in [2.24, 2.45) is 5.92 Å². The lowest BCUT2D eigenvalue weighted by Crippen LogP contribution is -2.59. The Balaban J connectivity index is 1.47. The van der Waals surface area contributed by atoms with Gasteiger partial charge >= 0.3 is 0 Å². The fourth-order valence-corrected chi connectivity index (χ4v) is 4.04. The van der Waals surface area contributed by atoms with Gasteiger partial charge in [-0.15, -0.1) is 10.2 Å². The van der Waals surface area contributed by atoms with Crippen LogP contribution in [0.4, 0.5) is 5.82 Å². The zero-order valence-electron chi connectivity index (χ0n) is 14.3.